The Morgan fingerprint density at radius 1 is 1.28 bits per heavy atom. The quantitative estimate of drug-likeness (QED) is 0.288. The average molecular weight is 356 g/mol. The second-order valence-corrected chi connectivity index (χ2v) is 7.21. The molecule has 0 spiro atoms. The fourth-order valence-electron chi connectivity index (χ4n) is 3.15. The van der Waals surface area contributed by atoms with Gasteiger partial charge in [-0.05, 0) is 36.6 Å². The first kappa shape index (κ1) is 17.6. The number of aldehydes is 1. The van der Waals surface area contributed by atoms with Crippen LogP contribution in [0.2, 0.25) is 0 Å². The number of aliphatic imine (C=N–C) groups is 1. The van der Waals surface area contributed by atoms with E-state index in [1.165, 1.54) is 25.7 Å². The summed E-state index contributed by atoms with van der Waals surface area (Å²) in [5.74, 6) is 0.657. The summed E-state index contributed by atoms with van der Waals surface area (Å²) in [6.45, 7) is 0. The van der Waals surface area contributed by atoms with Crippen molar-refractivity contribution in [1.82, 2.24) is 15.6 Å². The molecule has 1 fully saturated rings. The number of hydrogen-bond acceptors (Lipinski definition) is 4. The molecule has 2 N–H and O–H groups in total. The molecule has 0 saturated heterocycles. The van der Waals surface area contributed by atoms with Crippen LogP contribution >= 0.6 is 11.3 Å². The van der Waals surface area contributed by atoms with E-state index in [4.69, 9.17) is 0 Å². The number of carbonyl (C=O) groups is 1. The molecule has 1 heterocycles. The van der Waals surface area contributed by atoms with Crippen LogP contribution < -0.4 is 10.6 Å². The van der Waals surface area contributed by atoms with Gasteiger partial charge in [0.2, 0.25) is 0 Å². The summed E-state index contributed by atoms with van der Waals surface area (Å²) < 4.78 is 1.11. The second kappa shape index (κ2) is 8.76. The normalized spacial score (nSPS) is 17.3. The third kappa shape index (κ3) is 4.89. The van der Waals surface area contributed by atoms with Crippen molar-refractivity contribution in [2.75, 3.05) is 7.05 Å². The second-order valence-electron chi connectivity index (χ2n) is 6.33. The number of rotatable bonds is 4. The van der Waals surface area contributed by atoms with Crippen molar-refractivity contribution in [2.24, 2.45) is 4.99 Å². The topological polar surface area (TPSA) is 66.4 Å². The maximum absolute atomic E-state index is 11.5. The highest BCUT2D eigenvalue weighted by molar-refractivity contribution is 7.16. The van der Waals surface area contributed by atoms with Gasteiger partial charge in [-0.15, -0.1) is 11.3 Å². The predicted octanol–water partition coefficient (Wildman–Crippen LogP) is 3.72. The first-order valence-electron chi connectivity index (χ1n) is 8.79. The van der Waals surface area contributed by atoms with E-state index in [0.717, 1.165) is 34.9 Å². The lowest BCUT2D eigenvalue weighted by atomic mass is 10.1. The van der Waals surface area contributed by atoms with Gasteiger partial charge in [-0.1, -0.05) is 31.7 Å². The zero-order valence-corrected chi connectivity index (χ0v) is 15.3. The minimum absolute atomic E-state index is 0.426. The average Bonchev–Trinajstić information content (AvgIpc) is 2.95. The predicted molar refractivity (Wildman–Crippen MR) is 105 cm³/mol. The number of aromatic nitrogens is 1. The maximum atomic E-state index is 11.5. The highest BCUT2D eigenvalue weighted by Crippen LogP contribution is 2.20. The van der Waals surface area contributed by atoms with Gasteiger partial charge < -0.3 is 10.6 Å². The number of thiazole rings is 1. The van der Waals surface area contributed by atoms with Gasteiger partial charge >= 0.3 is 0 Å². The highest BCUT2D eigenvalue weighted by Gasteiger charge is 2.14. The number of hydrogen-bond donors (Lipinski definition) is 2. The molecule has 0 radical (unpaired) electrons. The fraction of sp³-hybridized carbons (Fsp3) is 0.421. The van der Waals surface area contributed by atoms with E-state index < -0.39 is 0 Å². The Labute approximate surface area is 152 Å². The largest absolute Gasteiger partial charge is 0.353 e. The van der Waals surface area contributed by atoms with Gasteiger partial charge in [0.15, 0.2) is 12.2 Å². The minimum atomic E-state index is 0.426. The van der Waals surface area contributed by atoms with Crippen LogP contribution in [0, 0.1) is 0 Å². The number of carbonyl (C=O) groups excluding carboxylic acids is 1. The van der Waals surface area contributed by atoms with Crippen molar-refractivity contribution in [1.29, 1.82) is 0 Å². The molecule has 1 saturated carbocycles. The zero-order valence-electron chi connectivity index (χ0n) is 14.5. The van der Waals surface area contributed by atoms with Crippen LogP contribution in [0.5, 0.6) is 0 Å². The third-order valence-electron chi connectivity index (χ3n) is 4.49. The summed E-state index contributed by atoms with van der Waals surface area (Å²) in [4.78, 5) is 20.0. The van der Waals surface area contributed by atoms with Gasteiger partial charge in [0.25, 0.3) is 0 Å². The van der Waals surface area contributed by atoms with Gasteiger partial charge in [0.05, 0.1) is 21.4 Å². The molecule has 132 valence electrons. The Morgan fingerprint density at radius 3 is 2.80 bits per heavy atom. The molecule has 0 unspecified atom stereocenters. The molecule has 3 rings (SSSR count). The number of nitrogens with one attached hydrogen (secondary N) is 2. The summed E-state index contributed by atoms with van der Waals surface area (Å²) in [6.07, 6.45) is 10.1. The molecule has 6 heteroatoms. The molecule has 25 heavy (non-hydrogen) atoms. The first-order chi connectivity index (χ1) is 12.3. The standard InChI is InChI=1S/C19H24N4OS/c1-20-19(22-15-6-4-2-3-5-7-15)23-16(12-24)10-14-8-9-17-18(11-14)25-13-21-17/h8-13,15H,2-7H2,1H3,(H2,20,22,23)/b16-10-. The minimum Gasteiger partial charge on any atom is -0.353 e. The van der Waals surface area contributed by atoms with E-state index in [-0.39, 0.29) is 0 Å². The van der Waals surface area contributed by atoms with Crippen molar-refractivity contribution < 1.29 is 4.79 Å². The fourth-order valence-corrected chi connectivity index (χ4v) is 3.88. The van der Waals surface area contributed by atoms with E-state index in [1.807, 2.05) is 29.8 Å². The highest BCUT2D eigenvalue weighted by atomic mass is 32.1. The summed E-state index contributed by atoms with van der Waals surface area (Å²) in [5.41, 5.74) is 4.27. The van der Waals surface area contributed by atoms with Gasteiger partial charge in [-0.2, -0.15) is 0 Å². The summed E-state index contributed by atoms with van der Waals surface area (Å²) in [6, 6.07) is 6.41. The van der Waals surface area contributed by atoms with Crippen LogP contribution in [0.3, 0.4) is 0 Å². The molecule has 1 aromatic heterocycles. The van der Waals surface area contributed by atoms with Crippen LogP contribution in [0.1, 0.15) is 44.1 Å². The molecule has 0 atom stereocenters. The molecule has 1 aromatic carbocycles. The van der Waals surface area contributed by atoms with Gasteiger partial charge in [-0.25, -0.2) is 4.98 Å². The van der Waals surface area contributed by atoms with E-state index in [9.17, 15) is 4.79 Å². The van der Waals surface area contributed by atoms with Crippen LogP contribution in [-0.4, -0.2) is 30.3 Å². The molecular weight excluding hydrogens is 332 g/mol. The SMILES string of the molecule is CN=C(N/C(C=O)=C\c1ccc2ncsc2c1)NC1CCCCCC1. The van der Waals surface area contributed by atoms with Crippen LogP contribution in [0.15, 0.2) is 34.4 Å². The van der Waals surface area contributed by atoms with Crippen LogP contribution in [0.25, 0.3) is 16.3 Å². The molecule has 2 aromatic rings. The molecule has 1 aliphatic rings. The molecule has 1 aliphatic carbocycles. The summed E-state index contributed by atoms with van der Waals surface area (Å²) >= 11 is 1.59. The summed E-state index contributed by atoms with van der Waals surface area (Å²) in [7, 11) is 1.73. The number of allylic oxidation sites excluding steroid dienone is 1. The lowest BCUT2D eigenvalue weighted by molar-refractivity contribution is -0.105. The van der Waals surface area contributed by atoms with E-state index in [0.29, 0.717) is 17.7 Å². The number of nitrogens with zero attached hydrogens (tertiary/aromatic N) is 2. The third-order valence-corrected chi connectivity index (χ3v) is 5.28. The van der Waals surface area contributed by atoms with Crippen LogP contribution in [-0.2, 0) is 4.79 Å². The Kier molecular flexibility index (Phi) is 6.17. The Balaban J connectivity index is 1.69. The number of benzene rings is 1. The van der Waals surface area contributed by atoms with Crippen molar-refractivity contribution >= 4 is 39.9 Å². The molecule has 0 amide bonds. The van der Waals surface area contributed by atoms with Gasteiger partial charge in [0.1, 0.15) is 0 Å². The lowest BCUT2D eigenvalue weighted by Crippen LogP contribution is -2.43. The first-order valence-corrected chi connectivity index (χ1v) is 9.67. The van der Waals surface area contributed by atoms with Crippen LogP contribution in [0.4, 0.5) is 0 Å². The zero-order chi connectivity index (χ0) is 17.5. The summed E-state index contributed by atoms with van der Waals surface area (Å²) in [5, 5.41) is 6.58. The smallest absolute Gasteiger partial charge is 0.195 e. The van der Waals surface area contributed by atoms with E-state index in [2.05, 4.69) is 20.6 Å². The Bertz CT molecular complexity index is 773. The van der Waals surface area contributed by atoms with E-state index in [1.54, 1.807) is 18.4 Å². The molecule has 0 bridgehead atoms. The molecular formula is C19H24N4OS. The Morgan fingerprint density at radius 2 is 2.08 bits per heavy atom. The lowest BCUT2D eigenvalue weighted by Gasteiger charge is -2.19. The number of guanidine groups is 1. The molecule has 0 aliphatic heterocycles. The van der Waals surface area contributed by atoms with Gasteiger partial charge in [-0.3, -0.25) is 9.79 Å². The maximum Gasteiger partial charge on any atom is 0.195 e. The van der Waals surface area contributed by atoms with Crippen molar-refractivity contribution in [2.45, 2.75) is 44.6 Å². The van der Waals surface area contributed by atoms with Crippen molar-refractivity contribution in [3.8, 4) is 0 Å². The Hall–Kier alpha value is -2.21. The van der Waals surface area contributed by atoms with Crippen molar-refractivity contribution in [3.05, 3.63) is 35.0 Å². The monoisotopic (exact) mass is 356 g/mol. The van der Waals surface area contributed by atoms with E-state index >= 15 is 0 Å². The van der Waals surface area contributed by atoms with Gasteiger partial charge in [0, 0.05) is 13.1 Å². The number of fused-ring (bicyclic) bond motifs is 1. The molecule has 5 nitrogen and oxygen atoms in total. The van der Waals surface area contributed by atoms with Crippen molar-refractivity contribution in [3.63, 3.8) is 0 Å².